The predicted octanol–water partition coefficient (Wildman–Crippen LogP) is 19.8. The van der Waals surface area contributed by atoms with E-state index in [2.05, 4.69) is 223 Å². The van der Waals surface area contributed by atoms with Crippen molar-refractivity contribution in [1.82, 2.24) is 55.8 Å². The van der Waals surface area contributed by atoms with Gasteiger partial charge in [0.15, 0.2) is 0 Å². The molecule has 0 N–H and O–H groups in total. The van der Waals surface area contributed by atoms with E-state index in [1.54, 1.807) is 83.3 Å². The lowest BCUT2D eigenvalue weighted by Crippen LogP contribution is -2.36. The molecule has 12 heterocycles. The van der Waals surface area contributed by atoms with E-state index in [1.807, 2.05) is 88.3 Å². The molecule has 18 rings (SSSR count). The second-order valence-corrected chi connectivity index (χ2v) is 31.7. The van der Waals surface area contributed by atoms with E-state index in [4.69, 9.17) is 30.5 Å². The molecular weight excluding hydrogens is 1430 g/mol. The predicted molar refractivity (Wildman–Crippen MR) is 475 cm³/mol. The Bertz CT molecular complexity index is 7680. The van der Waals surface area contributed by atoms with Gasteiger partial charge in [0.25, 0.3) is 0 Å². The van der Waals surface area contributed by atoms with E-state index in [-0.39, 0.29) is 22.5 Å². The minimum atomic E-state index is -2.46. The summed E-state index contributed by atoms with van der Waals surface area (Å²) in [6.45, 7) is 18.3. The fourth-order valence-electron chi connectivity index (χ4n) is 17.7. The molecule has 0 radical (unpaired) electrons. The van der Waals surface area contributed by atoms with Crippen LogP contribution in [0.15, 0.2) is 170 Å². The molecular formula is C100H112N16+4. The monoisotopic (exact) mass is 1550 g/mol. The number of hydrogen-bond donors (Lipinski definition) is 0. The molecule has 0 aliphatic carbocycles. The molecule has 116 heavy (non-hydrogen) atoms. The normalized spacial score (nSPS) is 14.1. The average Bonchev–Trinajstić information content (AvgIpc) is 1.62. The number of hydrogen-bond acceptors (Lipinski definition) is 4. The maximum atomic E-state index is 8.27. The Balaban J connectivity index is 0.000000134. The fraction of sp³-hybridized carbons (Fsp3) is 0.280. The zero-order valence-electron chi connectivity index (χ0n) is 85.8. The van der Waals surface area contributed by atoms with Crippen molar-refractivity contribution in [2.24, 2.45) is 56.4 Å². The highest BCUT2D eigenvalue weighted by atomic mass is 15.2. The second kappa shape index (κ2) is 30.0. The summed E-state index contributed by atoms with van der Waals surface area (Å²) < 4.78 is 144. The van der Waals surface area contributed by atoms with Crippen molar-refractivity contribution in [3.8, 4) is 90.6 Å². The number of aryl methyl sites for hydroxylation is 24. The van der Waals surface area contributed by atoms with Crippen LogP contribution in [0.4, 0.5) is 0 Å². The lowest BCUT2D eigenvalue weighted by atomic mass is 9.94. The van der Waals surface area contributed by atoms with Crippen molar-refractivity contribution in [2.75, 3.05) is 0 Å². The summed E-state index contributed by atoms with van der Waals surface area (Å²) in [5.74, 6) is 2.88. The minimum Gasteiger partial charge on any atom is -0.308 e. The quantitative estimate of drug-likeness (QED) is 0.141. The Morgan fingerprint density at radius 2 is 0.586 bits per heavy atom. The summed E-state index contributed by atoms with van der Waals surface area (Å²) in [6.07, 6.45) is 8.10. The molecule has 0 atom stereocenters. The Morgan fingerprint density at radius 1 is 0.259 bits per heavy atom. The molecule has 18 aromatic rings. The van der Waals surface area contributed by atoms with E-state index in [0.717, 1.165) is 84.2 Å². The molecule has 6 aromatic carbocycles. The van der Waals surface area contributed by atoms with Crippen LogP contribution < -0.4 is 18.3 Å². The smallest absolute Gasteiger partial charge is 0.233 e. The lowest BCUT2D eigenvalue weighted by Gasteiger charge is -2.14. The van der Waals surface area contributed by atoms with Crippen LogP contribution in [0.3, 0.4) is 0 Å². The van der Waals surface area contributed by atoms with E-state index in [9.17, 15) is 0 Å². The Morgan fingerprint density at radius 3 is 1.02 bits per heavy atom. The Labute approximate surface area is 703 Å². The van der Waals surface area contributed by atoms with Crippen molar-refractivity contribution in [1.29, 1.82) is 0 Å². The lowest BCUT2D eigenvalue weighted by molar-refractivity contribution is -0.650. The molecule has 588 valence electrons. The highest BCUT2D eigenvalue weighted by molar-refractivity contribution is 5.83. The molecule has 0 unspecified atom stereocenters. The van der Waals surface area contributed by atoms with Gasteiger partial charge in [-0.3, -0.25) is 17.6 Å². The molecule has 0 spiro atoms. The highest BCUT2D eigenvalue weighted by Gasteiger charge is 2.33. The third kappa shape index (κ3) is 13.2. The van der Waals surface area contributed by atoms with Crippen LogP contribution in [0.1, 0.15) is 132 Å². The Hall–Kier alpha value is -12.6. The number of nitrogens with zero attached hydrogens (tertiary/aromatic N) is 16. The van der Waals surface area contributed by atoms with Crippen LogP contribution in [0, 0.1) is 138 Å². The van der Waals surface area contributed by atoms with Gasteiger partial charge >= 0.3 is 0 Å². The van der Waals surface area contributed by atoms with Crippen LogP contribution in [-0.2, 0) is 56.4 Å². The Kier molecular flexibility index (Phi) is 16.0. The van der Waals surface area contributed by atoms with Gasteiger partial charge in [-0.25, -0.2) is 19.9 Å². The molecule has 0 fully saturated rings. The molecule has 12 aromatic heterocycles. The van der Waals surface area contributed by atoms with Crippen LogP contribution >= 0.6 is 0 Å². The standard InChI is InChI=1S/C26H27N4.C25H25N4.C25H31N4.C24H29N4/c1-16-11-12-17(2)20(13-16)24-18(3)14-19(4)25(29(24)6)23-15-30-22-10-8-7-9-21(22)27-26(30)28(23)5;1-16-10-6-7-11-19(16)23-17(2)14-18(3)24(28(23)5)22-15-29-21-13-9-8-12-20(21)26-25(29)27(22)4;1-14-10-16(3)21(12-15(14)2)23-17(4)11-18(5)24(28(23)9)22-13-29-20(7)19(6)26-25(29)27(22)8;1-14-9-10-20(15(2)11-14)22-16(3)12-17(4)23(27(22)8)21-13-28-19(6)18(5)25-24(28)26(21)7/h7-15H,1-6H3;6-15H,1-5H3;10-13H,1-9H3;9-13H,1-8H3/q4*+1/i;;2D3,4D3,6D3;3D3,5D3. The van der Waals surface area contributed by atoms with Gasteiger partial charge in [-0.05, 0) is 244 Å². The van der Waals surface area contributed by atoms with Gasteiger partial charge in [-0.15, -0.1) is 0 Å². The third-order valence-corrected chi connectivity index (χ3v) is 23.6. The zero-order valence-corrected chi connectivity index (χ0v) is 70.8. The SMILES string of the molecule is Cc1ccc(C)c(-c2c(C)cc(C)c(-c3cn4c5ccccc5nc4n3C)[n+]2C)c1.Cc1ccccc1-c1c(C)cc(C)c(-c2cn3c4ccccc4nc3n2C)[n+]1C.[2H]C([2H])([2H])c1cc(-c2c(C([2H])([2H])[2H])cc(C)c(-c3cn4c(C)c(C([2H])([2H])[2H])nc4n3C)[n+]2C)c(C)cc1C.[2H]C([2H])([2H])c1cc(C)c(-c2cn3c(C)c(C([2H])([2H])[2H])nc3n2C)[n+](C)c1-c1ccc(C)cc1C. The van der Waals surface area contributed by atoms with Crippen LogP contribution in [0.2, 0.25) is 0 Å². The number of aromatic nitrogens is 16. The van der Waals surface area contributed by atoms with Gasteiger partial charge in [0.2, 0.25) is 68.7 Å². The summed E-state index contributed by atoms with van der Waals surface area (Å²) in [5, 5.41) is 0. The van der Waals surface area contributed by atoms with E-state index < -0.39 is 34.3 Å². The van der Waals surface area contributed by atoms with Crippen LogP contribution in [-0.4, -0.2) is 55.8 Å². The average molecular weight is 1550 g/mol. The summed E-state index contributed by atoms with van der Waals surface area (Å²) in [5.41, 5.74) is 35.3. The molecule has 0 saturated carbocycles. The summed E-state index contributed by atoms with van der Waals surface area (Å²) in [7, 11) is 15.8. The largest absolute Gasteiger partial charge is 0.308 e. The second-order valence-electron chi connectivity index (χ2n) is 31.7. The first-order chi connectivity index (χ1) is 61.2. The topological polar surface area (TPSA) is 104 Å². The van der Waals surface area contributed by atoms with Crippen LogP contribution in [0.25, 0.3) is 136 Å². The van der Waals surface area contributed by atoms with E-state index in [1.165, 1.54) is 72.8 Å². The molecule has 16 nitrogen and oxygen atoms in total. The van der Waals surface area contributed by atoms with Crippen molar-refractivity contribution in [2.45, 2.75) is 138 Å². The third-order valence-electron chi connectivity index (χ3n) is 23.6. The number of pyridine rings is 4. The van der Waals surface area contributed by atoms with E-state index >= 15 is 0 Å². The van der Waals surface area contributed by atoms with Crippen molar-refractivity contribution >= 4 is 45.2 Å². The molecule has 0 bridgehead atoms. The number of para-hydroxylation sites is 4. The van der Waals surface area contributed by atoms with Gasteiger partial charge in [0, 0.05) is 152 Å². The maximum absolute atomic E-state index is 8.27. The molecule has 0 aliphatic rings. The fourth-order valence-corrected chi connectivity index (χ4v) is 17.7. The van der Waals surface area contributed by atoms with Crippen molar-refractivity contribution in [3.05, 3.63) is 282 Å². The van der Waals surface area contributed by atoms with E-state index in [0.29, 0.717) is 68.0 Å². The maximum Gasteiger partial charge on any atom is 0.233 e. The number of benzene rings is 6. The first-order valence-corrected chi connectivity index (χ1v) is 39.1. The van der Waals surface area contributed by atoms with Crippen molar-refractivity contribution < 1.29 is 38.8 Å². The van der Waals surface area contributed by atoms with Crippen LogP contribution in [0.5, 0.6) is 0 Å². The van der Waals surface area contributed by atoms with Gasteiger partial charge < -0.3 is 18.3 Å². The van der Waals surface area contributed by atoms with Gasteiger partial charge in [-0.2, -0.15) is 18.3 Å². The zero-order chi connectivity index (χ0) is 95.5. The van der Waals surface area contributed by atoms with Crippen molar-refractivity contribution in [3.63, 3.8) is 0 Å². The highest BCUT2D eigenvalue weighted by Crippen LogP contribution is 2.38. The van der Waals surface area contributed by atoms with Gasteiger partial charge in [0.05, 0.1) is 33.5 Å². The number of rotatable bonds is 8. The molecule has 16 heteroatoms. The minimum absolute atomic E-state index is 0.0293. The summed E-state index contributed by atoms with van der Waals surface area (Å²) in [6, 6.07) is 49.2. The first-order valence-electron chi connectivity index (χ1n) is 46.6. The first kappa shape index (κ1) is 61.9. The van der Waals surface area contributed by atoms with Gasteiger partial charge in [0.1, 0.15) is 51.0 Å². The number of imidazole rings is 8. The summed E-state index contributed by atoms with van der Waals surface area (Å²) >= 11 is 0. The van der Waals surface area contributed by atoms with Gasteiger partial charge in [-0.1, -0.05) is 83.9 Å². The molecule has 0 amide bonds. The number of fused-ring (bicyclic) bond motifs is 8. The summed E-state index contributed by atoms with van der Waals surface area (Å²) in [4.78, 5) is 18.5. The molecule has 0 aliphatic heterocycles. The molecule has 0 saturated heterocycles.